The Hall–Kier alpha value is -1.93. The molecule has 1 heterocycles. The van der Waals surface area contributed by atoms with Crippen molar-refractivity contribution >= 4 is 60.1 Å². The molecule has 0 aliphatic heterocycles. The summed E-state index contributed by atoms with van der Waals surface area (Å²) in [5.74, 6) is -1.06. The van der Waals surface area contributed by atoms with E-state index in [1.54, 1.807) is 12.1 Å². The molecule has 0 fully saturated rings. The van der Waals surface area contributed by atoms with Crippen LogP contribution in [0.4, 0.5) is 5.00 Å². The molecule has 2 aromatic rings. The Bertz CT molecular complexity index is 769. The van der Waals surface area contributed by atoms with Crippen LogP contribution in [0.1, 0.15) is 24.2 Å². The number of hydrogen-bond donors (Lipinski definition) is 2. The summed E-state index contributed by atoms with van der Waals surface area (Å²) >= 11 is 4.46. The highest BCUT2D eigenvalue weighted by molar-refractivity contribution is 9.10. The highest BCUT2D eigenvalue weighted by atomic mass is 79.9. The fourth-order valence-corrected chi connectivity index (χ4v) is 3.41. The maximum Gasteiger partial charge on any atom is 0.308 e. The Labute approximate surface area is 132 Å². The highest BCUT2D eigenvalue weighted by Gasteiger charge is 2.20. The molecular weight excluding hydrogens is 360 g/mol. The first-order valence-corrected chi connectivity index (χ1v) is 7.42. The number of carbonyl (C=O) groups excluding carboxylic acids is 3. The number of carbonyl (C=O) groups is 3. The number of primary amides is 1. The number of anilines is 1. The minimum atomic E-state index is -0.642. The van der Waals surface area contributed by atoms with Gasteiger partial charge in [0.1, 0.15) is 10.8 Å². The van der Waals surface area contributed by atoms with Crippen molar-refractivity contribution in [1.29, 1.82) is 0 Å². The van der Waals surface area contributed by atoms with E-state index in [1.807, 2.05) is 0 Å². The molecule has 110 valence electrons. The van der Waals surface area contributed by atoms with E-state index < -0.39 is 11.9 Å². The zero-order valence-electron chi connectivity index (χ0n) is 11.2. The zero-order valence-corrected chi connectivity index (χ0v) is 13.6. The number of halogens is 1. The van der Waals surface area contributed by atoms with Gasteiger partial charge in [0.15, 0.2) is 0 Å². The fraction of sp³-hybridized carbons (Fsp3) is 0.154. The van der Waals surface area contributed by atoms with Crippen LogP contribution >= 0.6 is 27.3 Å². The van der Waals surface area contributed by atoms with Crippen LogP contribution in [0.3, 0.4) is 0 Å². The first-order chi connectivity index (χ1) is 9.79. The number of fused-ring (bicyclic) bond motifs is 1. The standard InChI is InChI=1S/C13H11BrN2O4S/c1-5(17)16-13-11(12(15)19)7-3-8(14)9(20-6(2)18)4-10(7)21-13/h3-4H,1-2H3,(H2,15,19)(H,16,17). The molecule has 8 heteroatoms. The van der Waals surface area contributed by atoms with Gasteiger partial charge in [0.25, 0.3) is 5.91 Å². The van der Waals surface area contributed by atoms with Crippen molar-refractivity contribution in [2.45, 2.75) is 13.8 Å². The highest BCUT2D eigenvalue weighted by Crippen LogP contribution is 2.40. The fourth-order valence-electron chi connectivity index (χ4n) is 1.82. The maximum absolute atomic E-state index is 11.6. The summed E-state index contributed by atoms with van der Waals surface area (Å²) in [6.45, 7) is 2.64. The Kier molecular flexibility index (Phi) is 4.29. The largest absolute Gasteiger partial charge is 0.425 e. The molecule has 0 saturated heterocycles. The van der Waals surface area contributed by atoms with Crippen LogP contribution in [0.15, 0.2) is 16.6 Å². The van der Waals surface area contributed by atoms with Gasteiger partial charge in [-0.05, 0) is 22.0 Å². The Morgan fingerprint density at radius 1 is 1.29 bits per heavy atom. The van der Waals surface area contributed by atoms with Gasteiger partial charge in [-0.2, -0.15) is 0 Å². The number of amides is 2. The minimum Gasteiger partial charge on any atom is -0.425 e. The van der Waals surface area contributed by atoms with Gasteiger partial charge in [0.2, 0.25) is 5.91 Å². The van der Waals surface area contributed by atoms with Crippen molar-refractivity contribution in [2.75, 3.05) is 5.32 Å². The minimum absolute atomic E-state index is 0.236. The normalized spacial score (nSPS) is 10.4. The summed E-state index contributed by atoms with van der Waals surface area (Å²) in [6.07, 6.45) is 0. The van der Waals surface area contributed by atoms with E-state index >= 15 is 0 Å². The van der Waals surface area contributed by atoms with Crippen LogP contribution in [-0.4, -0.2) is 17.8 Å². The van der Waals surface area contributed by atoms with E-state index in [1.165, 1.54) is 25.2 Å². The molecule has 21 heavy (non-hydrogen) atoms. The molecule has 3 N–H and O–H groups in total. The molecule has 0 aliphatic rings. The van der Waals surface area contributed by atoms with Crippen LogP contribution in [0, 0.1) is 0 Å². The van der Waals surface area contributed by atoms with Gasteiger partial charge in [-0.1, -0.05) is 0 Å². The number of rotatable bonds is 3. The topological polar surface area (TPSA) is 98.5 Å². The predicted molar refractivity (Wildman–Crippen MR) is 83.7 cm³/mol. The van der Waals surface area contributed by atoms with E-state index in [0.29, 0.717) is 25.3 Å². The summed E-state index contributed by atoms with van der Waals surface area (Å²) in [4.78, 5) is 33.9. The molecule has 0 saturated carbocycles. The van der Waals surface area contributed by atoms with Gasteiger partial charge in [-0.25, -0.2) is 0 Å². The van der Waals surface area contributed by atoms with Gasteiger partial charge in [-0.15, -0.1) is 11.3 Å². The summed E-state index contributed by atoms with van der Waals surface area (Å²) in [7, 11) is 0. The van der Waals surface area contributed by atoms with Gasteiger partial charge < -0.3 is 15.8 Å². The van der Waals surface area contributed by atoms with Crippen molar-refractivity contribution in [3.8, 4) is 5.75 Å². The lowest BCUT2D eigenvalue weighted by Gasteiger charge is -2.04. The summed E-state index contributed by atoms with van der Waals surface area (Å²) < 4.78 is 6.25. The molecular formula is C13H11BrN2O4S. The maximum atomic E-state index is 11.6. The molecule has 6 nitrogen and oxygen atoms in total. The third-order valence-corrected chi connectivity index (χ3v) is 4.22. The average molecular weight is 371 g/mol. The number of hydrogen-bond acceptors (Lipinski definition) is 5. The molecule has 0 atom stereocenters. The van der Waals surface area contributed by atoms with E-state index in [9.17, 15) is 14.4 Å². The smallest absolute Gasteiger partial charge is 0.308 e. The number of benzene rings is 1. The first kappa shape index (κ1) is 15.5. The third kappa shape index (κ3) is 3.22. The molecule has 0 spiro atoms. The van der Waals surface area contributed by atoms with Crippen LogP contribution < -0.4 is 15.8 Å². The lowest BCUT2D eigenvalue weighted by atomic mass is 10.1. The number of nitrogens with one attached hydrogen (secondary N) is 1. The number of esters is 1. The van der Waals surface area contributed by atoms with Crippen LogP contribution in [0.25, 0.3) is 10.1 Å². The quantitative estimate of drug-likeness (QED) is 0.640. The molecule has 0 unspecified atom stereocenters. The Balaban J connectivity index is 2.66. The average Bonchev–Trinajstić information content (AvgIpc) is 2.64. The predicted octanol–water partition coefficient (Wildman–Crippen LogP) is 2.65. The SMILES string of the molecule is CC(=O)Nc1sc2cc(OC(C)=O)c(Br)cc2c1C(N)=O. The van der Waals surface area contributed by atoms with Crippen molar-refractivity contribution in [2.24, 2.45) is 5.73 Å². The molecule has 1 aromatic carbocycles. The molecule has 2 amide bonds. The summed E-state index contributed by atoms with van der Waals surface area (Å²) in [5.41, 5.74) is 5.62. The monoisotopic (exact) mass is 370 g/mol. The lowest BCUT2D eigenvalue weighted by Crippen LogP contribution is -2.14. The number of nitrogens with two attached hydrogens (primary N) is 1. The van der Waals surface area contributed by atoms with Crippen LogP contribution in [0.5, 0.6) is 5.75 Å². The van der Waals surface area contributed by atoms with Crippen molar-refractivity contribution in [3.05, 3.63) is 22.2 Å². The third-order valence-electron chi connectivity index (χ3n) is 2.53. The zero-order chi connectivity index (χ0) is 15.7. The molecule has 0 aliphatic carbocycles. The Morgan fingerprint density at radius 3 is 2.48 bits per heavy atom. The second kappa shape index (κ2) is 5.82. The van der Waals surface area contributed by atoms with E-state index in [0.717, 1.165) is 0 Å². The van der Waals surface area contributed by atoms with Crippen LogP contribution in [-0.2, 0) is 9.59 Å². The van der Waals surface area contributed by atoms with Gasteiger partial charge in [-0.3, -0.25) is 14.4 Å². The van der Waals surface area contributed by atoms with Gasteiger partial charge in [0.05, 0.1) is 10.0 Å². The molecule has 0 radical (unpaired) electrons. The molecule has 0 bridgehead atoms. The second-order valence-electron chi connectivity index (χ2n) is 4.22. The summed E-state index contributed by atoms with van der Waals surface area (Å²) in [6, 6.07) is 3.25. The summed E-state index contributed by atoms with van der Waals surface area (Å²) in [5, 5.41) is 3.53. The van der Waals surface area contributed by atoms with Crippen molar-refractivity contribution in [3.63, 3.8) is 0 Å². The van der Waals surface area contributed by atoms with Gasteiger partial charge in [0, 0.05) is 30.0 Å². The van der Waals surface area contributed by atoms with E-state index in [2.05, 4.69) is 21.2 Å². The first-order valence-electron chi connectivity index (χ1n) is 5.81. The lowest BCUT2D eigenvalue weighted by molar-refractivity contribution is -0.131. The van der Waals surface area contributed by atoms with E-state index in [4.69, 9.17) is 10.5 Å². The second-order valence-corrected chi connectivity index (χ2v) is 6.13. The number of thiophene rings is 1. The van der Waals surface area contributed by atoms with E-state index in [-0.39, 0.29) is 11.5 Å². The molecule has 2 rings (SSSR count). The van der Waals surface area contributed by atoms with Crippen molar-refractivity contribution in [1.82, 2.24) is 0 Å². The van der Waals surface area contributed by atoms with Gasteiger partial charge >= 0.3 is 5.97 Å². The molecule has 1 aromatic heterocycles. The number of ether oxygens (including phenoxy) is 1. The van der Waals surface area contributed by atoms with Crippen molar-refractivity contribution < 1.29 is 19.1 Å². The Morgan fingerprint density at radius 2 is 1.95 bits per heavy atom. The van der Waals surface area contributed by atoms with Crippen LogP contribution in [0.2, 0.25) is 0 Å².